The Morgan fingerprint density at radius 1 is 1.29 bits per heavy atom. The highest BCUT2D eigenvalue weighted by Gasteiger charge is 2.33. The summed E-state index contributed by atoms with van der Waals surface area (Å²) in [6.07, 6.45) is 1.25. The highest BCUT2D eigenvalue weighted by Crippen LogP contribution is 2.32. The van der Waals surface area contributed by atoms with Crippen molar-refractivity contribution in [1.82, 2.24) is 0 Å². The van der Waals surface area contributed by atoms with Gasteiger partial charge in [-0.1, -0.05) is 30.3 Å². The van der Waals surface area contributed by atoms with Crippen LogP contribution in [0.15, 0.2) is 30.3 Å². The first-order chi connectivity index (χ1) is 6.71. The van der Waals surface area contributed by atoms with Gasteiger partial charge in [0.25, 0.3) is 0 Å². The van der Waals surface area contributed by atoms with Crippen LogP contribution in [-0.2, 0) is 15.3 Å². The molecule has 0 amide bonds. The molecule has 2 rings (SSSR count). The average molecular weight is 192 g/mol. The van der Waals surface area contributed by atoms with E-state index < -0.39 is 5.79 Å². The van der Waals surface area contributed by atoms with Crippen LogP contribution in [0.1, 0.15) is 25.8 Å². The average Bonchev–Trinajstić information content (AvgIpc) is 2.19. The van der Waals surface area contributed by atoms with E-state index in [9.17, 15) is 0 Å². The van der Waals surface area contributed by atoms with E-state index in [1.807, 2.05) is 37.3 Å². The van der Waals surface area contributed by atoms with Gasteiger partial charge in [0.15, 0.2) is 5.79 Å². The summed E-state index contributed by atoms with van der Waals surface area (Å²) in [6, 6.07) is 10.1. The molecule has 1 aromatic rings. The zero-order chi connectivity index (χ0) is 10.0. The number of benzene rings is 1. The molecule has 0 aliphatic carbocycles. The number of rotatable bonds is 1. The molecule has 0 N–H and O–H groups in total. The van der Waals surface area contributed by atoms with E-state index in [-0.39, 0.29) is 6.10 Å². The molecular formula is C12H16O2. The van der Waals surface area contributed by atoms with Crippen molar-refractivity contribution in [3.63, 3.8) is 0 Å². The first-order valence-electron chi connectivity index (χ1n) is 5.08. The van der Waals surface area contributed by atoms with Gasteiger partial charge in [0.1, 0.15) is 0 Å². The highest BCUT2D eigenvalue weighted by atomic mass is 16.7. The molecule has 76 valence electrons. The fourth-order valence-electron chi connectivity index (χ4n) is 1.79. The second-order valence-corrected chi connectivity index (χ2v) is 3.88. The Morgan fingerprint density at radius 3 is 2.64 bits per heavy atom. The van der Waals surface area contributed by atoms with E-state index in [2.05, 4.69) is 6.92 Å². The molecular weight excluding hydrogens is 176 g/mol. The normalized spacial score (nSPS) is 32.9. The SMILES string of the molecule is C[C@H]1CCO[C@@](C)(c2ccccc2)O1. The van der Waals surface area contributed by atoms with Crippen molar-refractivity contribution in [3.05, 3.63) is 35.9 Å². The topological polar surface area (TPSA) is 18.5 Å². The van der Waals surface area contributed by atoms with Gasteiger partial charge in [-0.15, -0.1) is 0 Å². The lowest BCUT2D eigenvalue weighted by Crippen LogP contribution is -2.38. The van der Waals surface area contributed by atoms with Crippen molar-refractivity contribution in [1.29, 1.82) is 0 Å². The Balaban J connectivity index is 2.23. The predicted octanol–water partition coefficient (Wildman–Crippen LogP) is 2.68. The zero-order valence-corrected chi connectivity index (χ0v) is 8.69. The van der Waals surface area contributed by atoms with E-state index in [0.29, 0.717) is 0 Å². The molecule has 0 radical (unpaired) electrons. The van der Waals surface area contributed by atoms with Crippen molar-refractivity contribution in [2.75, 3.05) is 6.61 Å². The van der Waals surface area contributed by atoms with Crippen LogP contribution in [0.3, 0.4) is 0 Å². The molecule has 14 heavy (non-hydrogen) atoms. The predicted molar refractivity (Wildman–Crippen MR) is 54.9 cm³/mol. The summed E-state index contributed by atoms with van der Waals surface area (Å²) in [5.74, 6) is -0.557. The van der Waals surface area contributed by atoms with Crippen LogP contribution in [0.5, 0.6) is 0 Å². The molecule has 2 nitrogen and oxygen atoms in total. The Morgan fingerprint density at radius 2 is 2.00 bits per heavy atom. The molecule has 1 aliphatic heterocycles. The largest absolute Gasteiger partial charge is 0.346 e. The van der Waals surface area contributed by atoms with Crippen molar-refractivity contribution < 1.29 is 9.47 Å². The van der Waals surface area contributed by atoms with Gasteiger partial charge in [0.2, 0.25) is 0 Å². The molecule has 1 saturated heterocycles. The van der Waals surface area contributed by atoms with Gasteiger partial charge in [-0.05, 0) is 20.3 Å². The maximum atomic E-state index is 5.84. The molecule has 0 bridgehead atoms. The summed E-state index contributed by atoms with van der Waals surface area (Å²) < 4.78 is 11.5. The second kappa shape index (κ2) is 3.71. The van der Waals surface area contributed by atoms with Crippen molar-refractivity contribution in [2.24, 2.45) is 0 Å². The minimum Gasteiger partial charge on any atom is -0.346 e. The van der Waals surface area contributed by atoms with E-state index in [1.54, 1.807) is 0 Å². The van der Waals surface area contributed by atoms with Crippen LogP contribution in [0.25, 0.3) is 0 Å². The van der Waals surface area contributed by atoms with Gasteiger partial charge in [0, 0.05) is 5.56 Å². The van der Waals surface area contributed by atoms with Crippen LogP contribution in [-0.4, -0.2) is 12.7 Å². The lowest BCUT2D eigenvalue weighted by Gasteiger charge is -2.37. The van der Waals surface area contributed by atoms with Gasteiger partial charge in [-0.25, -0.2) is 0 Å². The summed E-state index contributed by atoms with van der Waals surface area (Å²) in [5, 5.41) is 0. The first-order valence-corrected chi connectivity index (χ1v) is 5.08. The molecule has 0 saturated carbocycles. The van der Waals surface area contributed by atoms with Crippen LogP contribution in [0.2, 0.25) is 0 Å². The molecule has 0 unspecified atom stereocenters. The Labute approximate surface area is 84.8 Å². The maximum absolute atomic E-state index is 5.84. The van der Waals surface area contributed by atoms with Gasteiger partial charge in [0.05, 0.1) is 12.7 Å². The summed E-state index contributed by atoms with van der Waals surface area (Å²) in [5.41, 5.74) is 1.09. The Hall–Kier alpha value is -0.860. The van der Waals surface area contributed by atoms with Crippen molar-refractivity contribution in [3.8, 4) is 0 Å². The van der Waals surface area contributed by atoms with Crippen LogP contribution < -0.4 is 0 Å². The summed E-state index contributed by atoms with van der Waals surface area (Å²) in [7, 11) is 0. The monoisotopic (exact) mass is 192 g/mol. The third-order valence-corrected chi connectivity index (χ3v) is 2.63. The molecule has 0 spiro atoms. The minimum absolute atomic E-state index is 0.272. The fourth-order valence-corrected chi connectivity index (χ4v) is 1.79. The Kier molecular flexibility index (Phi) is 2.57. The highest BCUT2D eigenvalue weighted by molar-refractivity contribution is 5.19. The minimum atomic E-state index is -0.557. The quantitative estimate of drug-likeness (QED) is 0.681. The van der Waals surface area contributed by atoms with Gasteiger partial charge in [-0.3, -0.25) is 0 Å². The summed E-state index contributed by atoms with van der Waals surface area (Å²) >= 11 is 0. The van der Waals surface area contributed by atoms with Gasteiger partial charge < -0.3 is 9.47 Å². The zero-order valence-electron chi connectivity index (χ0n) is 8.69. The lowest BCUT2D eigenvalue weighted by atomic mass is 10.1. The molecule has 1 aliphatic rings. The summed E-state index contributed by atoms with van der Waals surface area (Å²) in [4.78, 5) is 0. The van der Waals surface area contributed by atoms with Crippen LogP contribution in [0, 0.1) is 0 Å². The van der Waals surface area contributed by atoms with Crippen LogP contribution >= 0.6 is 0 Å². The van der Waals surface area contributed by atoms with Crippen LogP contribution in [0.4, 0.5) is 0 Å². The molecule has 2 atom stereocenters. The lowest BCUT2D eigenvalue weighted by molar-refractivity contribution is -0.288. The first kappa shape index (κ1) is 9.69. The third-order valence-electron chi connectivity index (χ3n) is 2.63. The molecule has 0 aromatic heterocycles. The molecule has 1 heterocycles. The van der Waals surface area contributed by atoms with E-state index >= 15 is 0 Å². The number of hydrogen-bond acceptors (Lipinski definition) is 2. The van der Waals surface area contributed by atoms with Crippen molar-refractivity contribution >= 4 is 0 Å². The second-order valence-electron chi connectivity index (χ2n) is 3.88. The van der Waals surface area contributed by atoms with Gasteiger partial charge in [-0.2, -0.15) is 0 Å². The molecule has 2 heteroatoms. The van der Waals surface area contributed by atoms with Crippen molar-refractivity contribution in [2.45, 2.75) is 32.2 Å². The van der Waals surface area contributed by atoms with E-state index in [4.69, 9.17) is 9.47 Å². The van der Waals surface area contributed by atoms with E-state index in [1.165, 1.54) is 0 Å². The smallest absolute Gasteiger partial charge is 0.192 e. The Bertz CT molecular complexity index is 296. The molecule has 1 fully saturated rings. The third kappa shape index (κ3) is 1.81. The number of ether oxygens (including phenoxy) is 2. The standard InChI is InChI=1S/C12H16O2/c1-10-8-9-13-12(2,14-10)11-6-4-3-5-7-11/h3-7,10H,8-9H2,1-2H3/t10-,12+/m0/s1. The summed E-state index contributed by atoms with van der Waals surface area (Å²) in [6.45, 7) is 4.84. The van der Waals surface area contributed by atoms with E-state index in [0.717, 1.165) is 18.6 Å². The number of hydrogen-bond donors (Lipinski definition) is 0. The molecule has 1 aromatic carbocycles. The van der Waals surface area contributed by atoms with Gasteiger partial charge >= 0.3 is 0 Å². The fraction of sp³-hybridized carbons (Fsp3) is 0.500. The maximum Gasteiger partial charge on any atom is 0.192 e.